The molecule has 6 nitrogen and oxygen atoms in total. The second-order valence-corrected chi connectivity index (χ2v) is 5.46. The summed E-state index contributed by atoms with van der Waals surface area (Å²) in [6.07, 6.45) is 1.58. The summed E-state index contributed by atoms with van der Waals surface area (Å²) in [5, 5.41) is 15.3. The first-order chi connectivity index (χ1) is 11.6. The molecule has 0 bridgehead atoms. The normalized spacial score (nSPS) is 11.3. The molecule has 0 saturated carbocycles. The third-order valence-electron chi connectivity index (χ3n) is 3.30. The SMILES string of the molecule is CC(=O)C(=CNc1cccc(Cl)c1)c1nnnn1-c1ccccc1. The van der Waals surface area contributed by atoms with E-state index in [1.807, 2.05) is 42.5 Å². The van der Waals surface area contributed by atoms with Gasteiger partial charge in [0.05, 0.1) is 11.3 Å². The first kappa shape index (κ1) is 15.9. The summed E-state index contributed by atoms with van der Waals surface area (Å²) in [7, 11) is 0. The van der Waals surface area contributed by atoms with Crippen molar-refractivity contribution < 1.29 is 4.79 Å². The summed E-state index contributed by atoms with van der Waals surface area (Å²) in [5.41, 5.74) is 1.90. The van der Waals surface area contributed by atoms with Crippen LogP contribution in [0.2, 0.25) is 5.02 Å². The van der Waals surface area contributed by atoms with E-state index in [9.17, 15) is 4.79 Å². The van der Waals surface area contributed by atoms with Gasteiger partial charge in [0.15, 0.2) is 11.6 Å². The molecule has 7 heteroatoms. The molecule has 24 heavy (non-hydrogen) atoms. The van der Waals surface area contributed by atoms with Crippen molar-refractivity contribution in [3.63, 3.8) is 0 Å². The first-order valence-electron chi connectivity index (χ1n) is 7.22. The van der Waals surface area contributed by atoms with Gasteiger partial charge in [-0.2, -0.15) is 4.68 Å². The molecule has 3 rings (SSSR count). The Kier molecular flexibility index (Phi) is 4.67. The van der Waals surface area contributed by atoms with E-state index in [-0.39, 0.29) is 5.78 Å². The van der Waals surface area contributed by atoms with Crippen molar-refractivity contribution in [2.75, 3.05) is 5.32 Å². The van der Waals surface area contributed by atoms with Gasteiger partial charge >= 0.3 is 0 Å². The molecule has 0 aliphatic carbocycles. The molecule has 0 fully saturated rings. The van der Waals surface area contributed by atoms with Gasteiger partial charge in [-0.1, -0.05) is 35.9 Å². The lowest BCUT2D eigenvalue weighted by atomic mass is 10.2. The Hall–Kier alpha value is -2.99. The predicted octanol–water partition coefficient (Wildman–Crippen LogP) is 3.36. The molecule has 1 N–H and O–H groups in total. The zero-order valence-corrected chi connectivity index (χ0v) is 13.6. The number of halogens is 1. The van der Waals surface area contributed by atoms with Gasteiger partial charge in [0.1, 0.15) is 0 Å². The molecule has 1 aromatic heterocycles. The number of carbonyl (C=O) groups excluding carboxylic acids is 1. The second-order valence-electron chi connectivity index (χ2n) is 5.02. The van der Waals surface area contributed by atoms with Gasteiger partial charge in [0, 0.05) is 16.9 Å². The lowest BCUT2D eigenvalue weighted by molar-refractivity contribution is -0.111. The molecule has 0 spiro atoms. The van der Waals surface area contributed by atoms with Crippen LogP contribution in [0.25, 0.3) is 11.3 Å². The quantitative estimate of drug-likeness (QED) is 0.721. The number of benzene rings is 2. The topological polar surface area (TPSA) is 72.7 Å². The number of hydrogen-bond donors (Lipinski definition) is 1. The highest BCUT2D eigenvalue weighted by Crippen LogP contribution is 2.19. The Morgan fingerprint density at radius 1 is 1.17 bits per heavy atom. The van der Waals surface area contributed by atoms with Crippen molar-refractivity contribution in [3.05, 3.63) is 71.6 Å². The minimum atomic E-state index is -0.156. The number of anilines is 1. The lowest BCUT2D eigenvalue weighted by Crippen LogP contribution is -2.08. The summed E-state index contributed by atoms with van der Waals surface area (Å²) in [5.74, 6) is 0.208. The molecule has 0 unspecified atom stereocenters. The molecular weight excluding hydrogens is 326 g/mol. The van der Waals surface area contributed by atoms with Crippen molar-refractivity contribution in [2.45, 2.75) is 6.92 Å². The van der Waals surface area contributed by atoms with Crippen molar-refractivity contribution in [1.82, 2.24) is 20.2 Å². The molecule has 0 atom stereocenters. The third kappa shape index (κ3) is 3.49. The standard InChI is InChI=1S/C17H14ClN5O/c1-12(24)16(11-19-14-7-5-6-13(18)10-14)17-20-21-22-23(17)15-8-3-2-4-9-15/h2-11,19H,1H3. The van der Waals surface area contributed by atoms with Gasteiger partial charge in [-0.15, -0.1) is 5.10 Å². The second kappa shape index (κ2) is 7.06. The Balaban J connectivity index is 1.97. The molecule has 3 aromatic rings. The van der Waals surface area contributed by atoms with Crippen LogP contribution >= 0.6 is 11.6 Å². The van der Waals surface area contributed by atoms with Gasteiger partial charge in [0.2, 0.25) is 0 Å². The van der Waals surface area contributed by atoms with Crippen LogP contribution in [0, 0.1) is 0 Å². The Labute approximate surface area is 143 Å². The van der Waals surface area contributed by atoms with Gasteiger partial charge in [-0.25, -0.2) is 0 Å². The highest BCUT2D eigenvalue weighted by Gasteiger charge is 2.17. The summed E-state index contributed by atoms with van der Waals surface area (Å²) < 4.78 is 1.52. The zero-order valence-electron chi connectivity index (χ0n) is 12.8. The van der Waals surface area contributed by atoms with Crippen molar-refractivity contribution in [2.24, 2.45) is 0 Å². The van der Waals surface area contributed by atoms with E-state index in [2.05, 4.69) is 20.8 Å². The fraction of sp³-hybridized carbons (Fsp3) is 0.0588. The first-order valence-corrected chi connectivity index (χ1v) is 7.60. The summed E-state index contributed by atoms with van der Waals surface area (Å²) >= 11 is 5.96. The van der Waals surface area contributed by atoms with Crippen LogP contribution in [-0.2, 0) is 4.79 Å². The number of nitrogens with one attached hydrogen (secondary N) is 1. The van der Waals surface area contributed by atoms with E-state index in [0.29, 0.717) is 16.4 Å². The van der Waals surface area contributed by atoms with E-state index in [0.717, 1.165) is 11.4 Å². The average Bonchev–Trinajstić information content (AvgIpc) is 3.05. The number of para-hydroxylation sites is 1. The van der Waals surface area contributed by atoms with Crippen LogP contribution in [0.4, 0.5) is 5.69 Å². The zero-order chi connectivity index (χ0) is 16.9. The van der Waals surface area contributed by atoms with Crippen LogP contribution in [0.15, 0.2) is 60.8 Å². The molecule has 0 radical (unpaired) electrons. The summed E-state index contributed by atoms with van der Waals surface area (Å²) in [6.45, 7) is 1.47. The molecule has 0 aliphatic heterocycles. The minimum Gasteiger partial charge on any atom is -0.361 e. The van der Waals surface area contributed by atoms with E-state index < -0.39 is 0 Å². The number of rotatable bonds is 5. The van der Waals surface area contributed by atoms with E-state index >= 15 is 0 Å². The maximum Gasteiger partial charge on any atom is 0.192 e. The summed E-state index contributed by atoms with van der Waals surface area (Å²) in [4.78, 5) is 12.1. The largest absolute Gasteiger partial charge is 0.361 e. The highest BCUT2D eigenvalue weighted by atomic mass is 35.5. The number of hydrogen-bond acceptors (Lipinski definition) is 5. The fourth-order valence-corrected chi connectivity index (χ4v) is 2.35. The Morgan fingerprint density at radius 2 is 1.96 bits per heavy atom. The van der Waals surface area contributed by atoms with E-state index in [1.165, 1.54) is 11.6 Å². The van der Waals surface area contributed by atoms with Crippen molar-refractivity contribution in [1.29, 1.82) is 0 Å². The molecule has 0 amide bonds. The van der Waals surface area contributed by atoms with Gasteiger partial charge in [0.25, 0.3) is 0 Å². The fourth-order valence-electron chi connectivity index (χ4n) is 2.16. The molecule has 0 saturated heterocycles. The van der Waals surface area contributed by atoms with Gasteiger partial charge in [-0.3, -0.25) is 4.79 Å². The predicted molar refractivity (Wildman–Crippen MR) is 92.9 cm³/mol. The maximum absolute atomic E-state index is 12.1. The average molecular weight is 340 g/mol. The molecular formula is C17H14ClN5O. The Morgan fingerprint density at radius 3 is 2.67 bits per heavy atom. The lowest BCUT2D eigenvalue weighted by Gasteiger charge is -2.07. The Bertz CT molecular complexity index is 889. The van der Waals surface area contributed by atoms with Gasteiger partial charge < -0.3 is 5.32 Å². The van der Waals surface area contributed by atoms with Gasteiger partial charge in [-0.05, 0) is 47.7 Å². The smallest absolute Gasteiger partial charge is 0.192 e. The van der Waals surface area contributed by atoms with Crippen LogP contribution < -0.4 is 5.32 Å². The number of allylic oxidation sites excluding steroid dienone is 1. The van der Waals surface area contributed by atoms with Crippen LogP contribution in [0.1, 0.15) is 12.7 Å². The van der Waals surface area contributed by atoms with E-state index in [1.54, 1.807) is 18.3 Å². The molecule has 120 valence electrons. The molecule has 1 heterocycles. The highest BCUT2D eigenvalue weighted by molar-refractivity contribution is 6.30. The number of carbonyl (C=O) groups is 1. The van der Waals surface area contributed by atoms with Crippen LogP contribution in [-0.4, -0.2) is 26.0 Å². The maximum atomic E-state index is 12.1. The summed E-state index contributed by atoms with van der Waals surface area (Å²) in [6, 6.07) is 16.6. The van der Waals surface area contributed by atoms with Crippen molar-refractivity contribution >= 4 is 28.6 Å². The minimum absolute atomic E-state index is 0.156. The number of aromatic nitrogens is 4. The monoisotopic (exact) mass is 339 g/mol. The van der Waals surface area contributed by atoms with E-state index in [4.69, 9.17) is 11.6 Å². The van der Waals surface area contributed by atoms with Crippen LogP contribution in [0.3, 0.4) is 0 Å². The molecule has 2 aromatic carbocycles. The van der Waals surface area contributed by atoms with Crippen molar-refractivity contribution in [3.8, 4) is 5.69 Å². The van der Waals surface area contributed by atoms with Crippen LogP contribution in [0.5, 0.6) is 0 Å². The number of ketones is 1. The number of nitrogens with zero attached hydrogens (tertiary/aromatic N) is 4. The molecule has 0 aliphatic rings. The number of tetrazole rings is 1. The third-order valence-corrected chi connectivity index (χ3v) is 3.53. The number of Topliss-reactive ketones (excluding diaryl/α,β-unsaturated/α-hetero) is 1.